The van der Waals surface area contributed by atoms with Crippen molar-refractivity contribution in [2.45, 2.75) is 12.8 Å². The van der Waals surface area contributed by atoms with Crippen LogP contribution in [0.3, 0.4) is 0 Å². The first-order valence-electron chi connectivity index (χ1n) is 8.29. The normalized spacial score (nSPS) is 11.7. The molecule has 0 amide bonds. The van der Waals surface area contributed by atoms with Gasteiger partial charge >= 0.3 is 12.1 Å². The van der Waals surface area contributed by atoms with Crippen molar-refractivity contribution in [3.05, 3.63) is 82.6 Å². The number of benzene rings is 2. The zero-order valence-electron chi connectivity index (χ0n) is 14.7. The minimum Gasteiger partial charge on any atom is -0.487 e. The minimum atomic E-state index is -4.61. The molecule has 2 aromatic carbocycles. The van der Waals surface area contributed by atoms with Crippen LogP contribution in [0.1, 0.15) is 17.0 Å². The van der Waals surface area contributed by atoms with Crippen LogP contribution in [0.2, 0.25) is 5.02 Å². The molecule has 5 nitrogen and oxygen atoms in total. The highest BCUT2D eigenvalue weighted by molar-refractivity contribution is 6.32. The number of carboxylic acids is 1. The van der Waals surface area contributed by atoms with E-state index < -0.39 is 17.8 Å². The Labute approximate surface area is 168 Å². The molecule has 3 rings (SSSR count). The van der Waals surface area contributed by atoms with Crippen LogP contribution in [0, 0.1) is 0 Å². The first kappa shape index (κ1) is 20.5. The van der Waals surface area contributed by atoms with Gasteiger partial charge in [-0.1, -0.05) is 35.9 Å². The van der Waals surface area contributed by atoms with Gasteiger partial charge in [0.1, 0.15) is 12.4 Å². The monoisotopic (exact) mass is 422 g/mol. The summed E-state index contributed by atoms with van der Waals surface area (Å²) in [7, 11) is 0. The third-order valence-electron chi connectivity index (χ3n) is 3.84. The molecule has 0 unspecified atom stereocenters. The molecule has 0 atom stereocenters. The largest absolute Gasteiger partial charge is 0.487 e. The van der Waals surface area contributed by atoms with Gasteiger partial charge in [-0.15, -0.1) is 0 Å². The minimum absolute atomic E-state index is 0.167. The number of hydrogen-bond acceptors (Lipinski definition) is 3. The number of ether oxygens (including phenoxy) is 1. The molecule has 0 saturated carbocycles. The van der Waals surface area contributed by atoms with Crippen LogP contribution in [0.15, 0.2) is 60.7 Å². The molecule has 0 aliphatic heterocycles. The zero-order chi connectivity index (χ0) is 21.0. The average molecular weight is 423 g/mol. The molecule has 1 aromatic heterocycles. The Morgan fingerprint density at radius 1 is 1.17 bits per heavy atom. The van der Waals surface area contributed by atoms with E-state index in [9.17, 15) is 18.0 Å². The molecular weight excluding hydrogens is 409 g/mol. The highest BCUT2D eigenvalue weighted by Crippen LogP contribution is 2.31. The molecule has 0 fully saturated rings. The van der Waals surface area contributed by atoms with Crippen LogP contribution in [-0.2, 0) is 17.6 Å². The fourth-order valence-electron chi connectivity index (χ4n) is 2.49. The van der Waals surface area contributed by atoms with Gasteiger partial charge in [0, 0.05) is 6.08 Å². The summed E-state index contributed by atoms with van der Waals surface area (Å²) in [4.78, 5) is 10.5. The van der Waals surface area contributed by atoms with Gasteiger partial charge in [0.2, 0.25) is 0 Å². The molecule has 29 heavy (non-hydrogen) atoms. The van der Waals surface area contributed by atoms with Crippen molar-refractivity contribution in [2.24, 2.45) is 0 Å². The Balaban J connectivity index is 1.84. The van der Waals surface area contributed by atoms with Crippen molar-refractivity contribution in [2.75, 3.05) is 0 Å². The molecule has 3 aromatic rings. The number of alkyl halides is 3. The number of halogens is 4. The summed E-state index contributed by atoms with van der Waals surface area (Å²) < 4.78 is 46.1. The summed E-state index contributed by atoms with van der Waals surface area (Å²) >= 11 is 6.11. The number of hydrogen-bond donors (Lipinski definition) is 1. The van der Waals surface area contributed by atoms with Crippen molar-refractivity contribution < 1.29 is 27.8 Å². The highest BCUT2D eigenvalue weighted by Gasteiger charge is 2.35. The van der Waals surface area contributed by atoms with E-state index in [0.29, 0.717) is 17.0 Å². The van der Waals surface area contributed by atoms with Crippen LogP contribution in [0.5, 0.6) is 5.75 Å². The van der Waals surface area contributed by atoms with Crippen LogP contribution in [0.4, 0.5) is 13.2 Å². The SMILES string of the molecule is O=C(O)C=Cc1ccc(OCc2cc(C(F)(F)F)nn2-c2ccccc2Cl)cc1. The first-order chi connectivity index (χ1) is 13.7. The average Bonchev–Trinajstić information content (AvgIpc) is 3.10. The maximum atomic E-state index is 13.1. The second-order valence-corrected chi connectivity index (χ2v) is 6.32. The summed E-state index contributed by atoms with van der Waals surface area (Å²) in [6, 6.07) is 13.8. The van der Waals surface area contributed by atoms with Crippen LogP contribution >= 0.6 is 11.6 Å². The number of carboxylic acid groups (broad SMARTS) is 1. The van der Waals surface area contributed by atoms with Crippen molar-refractivity contribution in [3.8, 4) is 11.4 Å². The van der Waals surface area contributed by atoms with Crippen molar-refractivity contribution >= 4 is 23.6 Å². The van der Waals surface area contributed by atoms with Gasteiger partial charge < -0.3 is 9.84 Å². The van der Waals surface area contributed by atoms with Crippen molar-refractivity contribution in [3.63, 3.8) is 0 Å². The molecule has 0 spiro atoms. The number of nitrogens with zero attached hydrogens (tertiary/aromatic N) is 2. The number of carbonyl (C=O) groups is 1. The van der Waals surface area contributed by atoms with E-state index in [4.69, 9.17) is 21.4 Å². The molecular formula is C20H14ClF3N2O3. The Kier molecular flexibility index (Phi) is 5.93. The van der Waals surface area contributed by atoms with Gasteiger partial charge in [-0.3, -0.25) is 0 Å². The van der Waals surface area contributed by atoms with Crippen LogP contribution < -0.4 is 4.74 Å². The fourth-order valence-corrected chi connectivity index (χ4v) is 2.71. The zero-order valence-corrected chi connectivity index (χ0v) is 15.5. The lowest BCUT2D eigenvalue weighted by Gasteiger charge is -2.10. The van der Waals surface area contributed by atoms with E-state index in [1.54, 1.807) is 48.5 Å². The Bertz CT molecular complexity index is 1040. The van der Waals surface area contributed by atoms with E-state index in [1.165, 1.54) is 6.08 Å². The number of rotatable bonds is 6. The summed E-state index contributed by atoms with van der Waals surface area (Å²) in [6.07, 6.45) is -2.20. The second-order valence-electron chi connectivity index (χ2n) is 5.91. The fraction of sp³-hybridized carbons (Fsp3) is 0.100. The van der Waals surface area contributed by atoms with Gasteiger partial charge in [0.15, 0.2) is 5.69 Å². The van der Waals surface area contributed by atoms with E-state index in [2.05, 4.69) is 5.10 Å². The van der Waals surface area contributed by atoms with Gasteiger partial charge in [0.25, 0.3) is 0 Å². The van der Waals surface area contributed by atoms with Crippen molar-refractivity contribution in [1.29, 1.82) is 0 Å². The molecule has 0 radical (unpaired) electrons. The molecule has 0 bridgehead atoms. The highest BCUT2D eigenvalue weighted by atomic mass is 35.5. The van der Waals surface area contributed by atoms with Gasteiger partial charge in [-0.25, -0.2) is 9.48 Å². The van der Waals surface area contributed by atoms with Gasteiger partial charge in [-0.2, -0.15) is 18.3 Å². The Morgan fingerprint density at radius 2 is 1.86 bits per heavy atom. The van der Waals surface area contributed by atoms with E-state index in [-0.39, 0.29) is 17.3 Å². The van der Waals surface area contributed by atoms with Crippen LogP contribution in [-0.4, -0.2) is 20.9 Å². The molecule has 1 N–H and O–H groups in total. The maximum absolute atomic E-state index is 13.1. The predicted octanol–water partition coefficient (Wildman–Crippen LogP) is 5.22. The molecule has 0 aliphatic rings. The first-order valence-corrected chi connectivity index (χ1v) is 8.67. The quantitative estimate of drug-likeness (QED) is 0.553. The standard InChI is InChI=1S/C20H14ClF3N2O3/c21-16-3-1-2-4-17(16)26-14(11-18(25-26)20(22,23)24)12-29-15-8-5-13(6-9-15)7-10-19(27)28/h1-11H,12H2,(H,27,28). The molecule has 150 valence electrons. The summed E-state index contributed by atoms with van der Waals surface area (Å²) in [5.41, 5.74) is 0.0584. The molecule has 1 heterocycles. The lowest BCUT2D eigenvalue weighted by molar-refractivity contribution is -0.141. The Hall–Kier alpha value is -3.26. The molecule has 0 saturated heterocycles. The summed E-state index contributed by atoms with van der Waals surface area (Å²) in [6.45, 7) is -0.182. The topological polar surface area (TPSA) is 64.3 Å². The predicted molar refractivity (Wildman–Crippen MR) is 101 cm³/mol. The van der Waals surface area contributed by atoms with Crippen molar-refractivity contribution in [1.82, 2.24) is 9.78 Å². The van der Waals surface area contributed by atoms with E-state index in [1.807, 2.05) is 0 Å². The maximum Gasteiger partial charge on any atom is 0.435 e. The summed E-state index contributed by atoms with van der Waals surface area (Å²) in [5, 5.41) is 12.5. The second kappa shape index (κ2) is 8.40. The summed E-state index contributed by atoms with van der Waals surface area (Å²) in [5.74, 6) is -0.670. The molecule has 9 heteroatoms. The Morgan fingerprint density at radius 3 is 2.48 bits per heavy atom. The van der Waals surface area contributed by atoms with E-state index in [0.717, 1.165) is 16.8 Å². The van der Waals surface area contributed by atoms with E-state index >= 15 is 0 Å². The number of para-hydroxylation sites is 1. The smallest absolute Gasteiger partial charge is 0.435 e. The van der Waals surface area contributed by atoms with Crippen LogP contribution in [0.25, 0.3) is 11.8 Å². The number of aliphatic carboxylic acids is 1. The third-order valence-corrected chi connectivity index (χ3v) is 4.16. The van der Waals surface area contributed by atoms with Gasteiger partial charge in [-0.05, 0) is 42.0 Å². The number of aromatic nitrogens is 2. The lowest BCUT2D eigenvalue weighted by atomic mass is 10.2. The van der Waals surface area contributed by atoms with Gasteiger partial charge in [0.05, 0.1) is 16.4 Å². The molecule has 0 aliphatic carbocycles. The third kappa shape index (κ3) is 5.17. The lowest BCUT2D eigenvalue weighted by Crippen LogP contribution is -2.08.